The van der Waals surface area contributed by atoms with E-state index in [9.17, 15) is 13.6 Å². The van der Waals surface area contributed by atoms with Crippen molar-refractivity contribution in [3.8, 4) is 5.75 Å². The van der Waals surface area contributed by atoms with Crippen molar-refractivity contribution in [2.45, 2.75) is 12.9 Å². The smallest absolute Gasteiger partial charge is 0.387 e. The standard InChI is InChI=1S/C12H15F2NO4/c1-17-10(18-2)7-15-11(16)8-3-5-9(6-4-8)19-12(13)14/h3-6,10,12H,7H2,1-2H3,(H,15,16). The highest BCUT2D eigenvalue weighted by Gasteiger charge is 2.10. The Balaban J connectivity index is 2.53. The molecule has 0 radical (unpaired) electrons. The molecule has 1 aromatic rings. The second-order valence-electron chi connectivity index (χ2n) is 3.51. The van der Waals surface area contributed by atoms with Crippen LogP contribution in [0.5, 0.6) is 5.75 Å². The van der Waals surface area contributed by atoms with Crippen molar-refractivity contribution >= 4 is 5.91 Å². The summed E-state index contributed by atoms with van der Waals surface area (Å²) in [5, 5.41) is 2.58. The SMILES string of the molecule is COC(CNC(=O)c1ccc(OC(F)F)cc1)OC. The van der Waals surface area contributed by atoms with E-state index in [1.54, 1.807) is 0 Å². The van der Waals surface area contributed by atoms with Crippen LogP contribution >= 0.6 is 0 Å². The molecule has 0 bridgehead atoms. The van der Waals surface area contributed by atoms with Gasteiger partial charge in [-0.25, -0.2) is 0 Å². The normalized spacial score (nSPS) is 10.8. The molecule has 0 heterocycles. The van der Waals surface area contributed by atoms with E-state index >= 15 is 0 Å². The lowest BCUT2D eigenvalue weighted by Crippen LogP contribution is -2.34. The molecule has 1 aromatic carbocycles. The van der Waals surface area contributed by atoms with E-state index in [4.69, 9.17) is 9.47 Å². The summed E-state index contributed by atoms with van der Waals surface area (Å²) in [4.78, 5) is 11.7. The minimum Gasteiger partial charge on any atom is -0.435 e. The number of methoxy groups -OCH3 is 2. The van der Waals surface area contributed by atoms with Crippen molar-refractivity contribution in [1.82, 2.24) is 5.32 Å². The molecule has 0 aromatic heterocycles. The van der Waals surface area contributed by atoms with E-state index in [0.29, 0.717) is 5.56 Å². The summed E-state index contributed by atoms with van der Waals surface area (Å²) in [6.07, 6.45) is -0.537. The fraction of sp³-hybridized carbons (Fsp3) is 0.417. The largest absolute Gasteiger partial charge is 0.435 e. The minimum atomic E-state index is -2.89. The predicted molar refractivity (Wildman–Crippen MR) is 63.2 cm³/mol. The average Bonchev–Trinajstić information content (AvgIpc) is 2.39. The molecular formula is C12H15F2NO4. The van der Waals surface area contributed by atoms with Crippen molar-refractivity contribution in [3.63, 3.8) is 0 Å². The van der Waals surface area contributed by atoms with Crippen LogP contribution in [0.2, 0.25) is 0 Å². The molecule has 0 aliphatic rings. The zero-order valence-corrected chi connectivity index (χ0v) is 10.6. The van der Waals surface area contributed by atoms with Gasteiger partial charge in [0.2, 0.25) is 0 Å². The summed E-state index contributed by atoms with van der Waals surface area (Å²) < 4.78 is 37.9. The third kappa shape index (κ3) is 5.19. The molecule has 0 fully saturated rings. The molecular weight excluding hydrogens is 260 g/mol. The summed E-state index contributed by atoms with van der Waals surface area (Å²) in [5.41, 5.74) is 0.326. The van der Waals surface area contributed by atoms with Crippen molar-refractivity contribution in [1.29, 1.82) is 0 Å². The lowest BCUT2D eigenvalue weighted by Gasteiger charge is -2.14. The summed E-state index contributed by atoms with van der Waals surface area (Å²) in [6, 6.07) is 5.37. The lowest BCUT2D eigenvalue weighted by atomic mass is 10.2. The lowest BCUT2D eigenvalue weighted by molar-refractivity contribution is -0.0974. The summed E-state index contributed by atoms with van der Waals surface area (Å²) in [7, 11) is 2.91. The van der Waals surface area contributed by atoms with Crippen LogP contribution in [0.25, 0.3) is 0 Å². The maximum absolute atomic E-state index is 11.9. The second kappa shape index (κ2) is 7.65. The van der Waals surface area contributed by atoms with Crippen LogP contribution in [0, 0.1) is 0 Å². The number of hydrogen-bond donors (Lipinski definition) is 1. The van der Waals surface area contributed by atoms with Gasteiger partial charge < -0.3 is 19.5 Å². The van der Waals surface area contributed by atoms with E-state index in [1.165, 1.54) is 38.5 Å². The zero-order valence-electron chi connectivity index (χ0n) is 10.6. The van der Waals surface area contributed by atoms with Gasteiger partial charge in [0, 0.05) is 19.8 Å². The summed E-state index contributed by atoms with van der Waals surface area (Å²) in [6.45, 7) is -2.70. The number of alkyl halides is 2. The first-order chi connectivity index (χ1) is 9.06. The minimum absolute atomic E-state index is 0.00166. The summed E-state index contributed by atoms with van der Waals surface area (Å²) >= 11 is 0. The fourth-order valence-corrected chi connectivity index (χ4v) is 1.33. The molecule has 19 heavy (non-hydrogen) atoms. The molecule has 0 saturated heterocycles. The number of rotatable bonds is 7. The third-order valence-corrected chi connectivity index (χ3v) is 2.30. The highest BCUT2D eigenvalue weighted by Crippen LogP contribution is 2.14. The van der Waals surface area contributed by atoms with Crippen molar-refractivity contribution in [2.24, 2.45) is 0 Å². The Morgan fingerprint density at radius 2 is 1.79 bits per heavy atom. The van der Waals surface area contributed by atoms with E-state index in [0.717, 1.165) is 0 Å². The van der Waals surface area contributed by atoms with Crippen LogP contribution in [0.15, 0.2) is 24.3 Å². The first kappa shape index (κ1) is 15.3. The van der Waals surface area contributed by atoms with Crippen LogP contribution in [0.4, 0.5) is 8.78 Å². The molecule has 0 aliphatic carbocycles. The van der Waals surface area contributed by atoms with Gasteiger partial charge in [0.05, 0.1) is 6.54 Å². The first-order valence-corrected chi connectivity index (χ1v) is 5.45. The molecule has 0 unspecified atom stereocenters. The van der Waals surface area contributed by atoms with Gasteiger partial charge in [-0.15, -0.1) is 0 Å². The Kier molecular flexibility index (Phi) is 6.17. The molecule has 0 aliphatic heterocycles. The van der Waals surface area contributed by atoms with Gasteiger partial charge in [0.15, 0.2) is 6.29 Å². The molecule has 7 heteroatoms. The highest BCUT2D eigenvalue weighted by molar-refractivity contribution is 5.94. The number of carbonyl (C=O) groups is 1. The molecule has 0 spiro atoms. The number of halogens is 2. The van der Waals surface area contributed by atoms with Gasteiger partial charge in [0.1, 0.15) is 5.75 Å². The van der Waals surface area contributed by atoms with Crippen LogP contribution in [-0.4, -0.2) is 39.6 Å². The number of amides is 1. The third-order valence-electron chi connectivity index (χ3n) is 2.30. The quantitative estimate of drug-likeness (QED) is 0.768. The number of ether oxygens (including phenoxy) is 3. The Labute approximate surface area is 109 Å². The molecule has 0 atom stereocenters. The predicted octanol–water partition coefficient (Wildman–Crippen LogP) is 1.64. The average molecular weight is 275 g/mol. The van der Waals surface area contributed by atoms with Crippen LogP contribution in [0.3, 0.4) is 0 Å². The molecule has 1 amide bonds. The topological polar surface area (TPSA) is 56.8 Å². The molecule has 1 N–H and O–H groups in total. The van der Waals surface area contributed by atoms with Crippen LogP contribution in [0.1, 0.15) is 10.4 Å². The van der Waals surface area contributed by atoms with Crippen LogP contribution < -0.4 is 10.1 Å². The van der Waals surface area contributed by atoms with E-state index in [2.05, 4.69) is 10.1 Å². The Bertz CT molecular complexity index is 393. The van der Waals surface area contributed by atoms with Gasteiger partial charge in [-0.05, 0) is 24.3 Å². The highest BCUT2D eigenvalue weighted by atomic mass is 19.3. The van der Waals surface area contributed by atoms with Crippen molar-refractivity contribution < 1.29 is 27.8 Å². The Hall–Kier alpha value is -1.73. The first-order valence-electron chi connectivity index (χ1n) is 5.45. The van der Waals surface area contributed by atoms with Crippen molar-refractivity contribution in [3.05, 3.63) is 29.8 Å². The second-order valence-corrected chi connectivity index (χ2v) is 3.51. The molecule has 0 saturated carbocycles. The molecule has 1 rings (SSSR count). The van der Waals surface area contributed by atoms with Gasteiger partial charge in [-0.3, -0.25) is 4.79 Å². The summed E-state index contributed by atoms with van der Waals surface area (Å²) in [5.74, 6) is -0.360. The van der Waals surface area contributed by atoms with Crippen LogP contribution in [-0.2, 0) is 9.47 Å². The van der Waals surface area contributed by atoms with E-state index in [-0.39, 0.29) is 18.2 Å². The number of benzene rings is 1. The molecule has 5 nitrogen and oxygen atoms in total. The zero-order chi connectivity index (χ0) is 14.3. The van der Waals surface area contributed by atoms with Gasteiger partial charge in [-0.2, -0.15) is 8.78 Å². The Morgan fingerprint density at radius 1 is 1.21 bits per heavy atom. The fourth-order valence-electron chi connectivity index (χ4n) is 1.33. The number of nitrogens with one attached hydrogen (secondary N) is 1. The van der Waals surface area contributed by atoms with Crippen molar-refractivity contribution in [2.75, 3.05) is 20.8 Å². The Morgan fingerprint density at radius 3 is 2.26 bits per heavy atom. The van der Waals surface area contributed by atoms with Gasteiger partial charge in [-0.1, -0.05) is 0 Å². The van der Waals surface area contributed by atoms with Gasteiger partial charge >= 0.3 is 6.61 Å². The van der Waals surface area contributed by atoms with E-state index in [1.807, 2.05) is 0 Å². The maximum atomic E-state index is 11.9. The maximum Gasteiger partial charge on any atom is 0.387 e. The van der Waals surface area contributed by atoms with E-state index < -0.39 is 12.9 Å². The number of hydrogen-bond acceptors (Lipinski definition) is 4. The molecule has 106 valence electrons. The number of carbonyl (C=O) groups excluding carboxylic acids is 1. The monoisotopic (exact) mass is 275 g/mol. The van der Waals surface area contributed by atoms with Gasteiger partial charge in [0.25, 0.3) is 5.91 Å².